The molecule has 0 fully saturated rings. The molecular weight excluding hydrogens is 188 g/mol. The molecule has 0 amide bonds. The van der Waals surface area contributed by atoms with Crippen LogP contribution in [0.15, 0.2) is 43.5 Å². The molecule has 0 aliphatic heterocycles. The van der Waals surface area contributed by atoms with Crippen LogP contribution in [0.4, 0.5) is 0 Å². The second-order valence-electron chi connectivity index (χ2n) is 3.21. The number of phenolic OH excluding ortho intramolecular Hbond substituents is 1. The van der Waals surface area contributed by atoms with E-state index in [9.17, 15) is 5.11 Å². The largest absolute Gasteiger partial charge is 0.508 e. The Bertz CT molecular complexity index is 342. The first-order valence-electron chi connectivity index (χ1n) is 4.94. The Balaban J connectivity index is 2.76. The molecule has 0 saturated carbocycles. The van der Waals surface area contributed by atoms with Crippen LogP contribution >= 0.6 is 0 Å². The first-order chi connectivity index (χ1) is 7.27. The number of hydrogen-bond acceptors (Lipinski definition) is 2. The molecule has 15 heavy (non-hydrogen) atoms. The van der Waals surface area contributed by atoms with Gasteiger partial charge in [-0.1, -0.05) is 18.2 Å². The van der Waals surface area contributed by atoms with Crippen LogP contribution in [0.5, 0.6) is 11.5 Å². The molecule has 0 saturated heterocycles. The predicted octanol–water partition coefficient (Wildman–Crippen LogP) is 3.08. The Hall–Kier alpha value is -1.70. The van der Waals surface area contributed by atoms with Crippen molar-refractivity contribution in [2.75, 3.05) is 6.61 Å². The highest BCUT2D eigenvalue weighted by Gasteiger charge is 2.03. The fraction of sp³-hybridized carbons (Fsp3) is 0.231. The maximum absolute atomic E-state index is 9.34. The lowest BCUT2D eigenvalue weighted by Gasteiger charge is -2.09. The van der Waals surface area contributed by atoms with Gasteiger partial charge in [0, 0.05) is 6.07 Å². The molecule has 0 radical (unpaired) electrons. The van der Waals surface area contributed by atoms with E-state index < -0.39 is 0 Å². The van der Waals surface area contributed by atoms with Gasteiger partial charge in [0.2, 0.25) is 0 Å². The van der Waals surface area contributed by atoms with Gasteiger partial charge in [-0.25, -0.2) is 0 Å². The van der Waals surface area contributed by atoms with Crippen molar-refractivity contribution in [3.8, 4) is 11.5 Å². The minimum absolute atomic E-state index is 0.219. The summed E-state index contributed by atoms with van der Waals surface area (Å²) in [6.07, 6.45) is 5.15. The molecule has 1 N–H and O–H groups in total. The number of ether oxygens (including phenoxy) is 1. The minimum atomic E-state index is 0.219. The predicted molar refractivity (Wildman–Crippen MR) is 62.3 cm³/mol. The van der Waals surface area contributed by atoms with Crippen LogP contribution in [-0.2, 0) is 6.42 Å². The van der Waals surface area contributed by atoms with Gasteiger partial charge in [-0.3, -0.25) is 0 Å². The maximum Gasteiger partial charge on any atom is 0.126 e. The van der Waals surface area contributed by atoms with Gasteiger partial charge in [-0.05, 0) is 24.5 Å². The van der Waals surface area contributed by atoms with E-state index in [0.717, 1.165) is 24.2 Å². The third kappa shape index (κ3) is 3.50. The maximum atomic E-state index is 9.34. The zero-order chi connectivity index (χ0) is 11.1. The van der Waals surface area contributed by atoms with E-state index in [1.165, 1.54) is 0 Å². The number of aromatic hydroxyl groups is 1. The number of phenols is 1. The van der Waals surface area contributed by atoms with Gasteiger partial charge in [0.15, 0.2) is 0 Å². The molecule has 80 valence electrons. The molecule has 1 rings (SSSR count). The van der Waals surface area contributed by atoms with Crippen molar-refractivity contribution >= 4 is 0 Å². The third-order valence-corrected chi connectivity index (χ3v) is 1.99. The molecule has 0 atom stereocenters. The van der Waals surface area contributed by atoms with E-state index in [0.29, 0.717) is 6.61 Å². The van der Waals surface area contributed by atoms with E-state index in [4.69, 9.17) is 4.74 Å². The summed E-state index contributed by atoms with van der Waals surface area (Å²) < 4.78 is 5.53. The van der Waals surface area contributed by atoms with Gasteiger partial charge in [-0.2, -0.15) is 0 Å². The van der Waals surface area contributed by atoms with Crippen molar-refractivity contribution < 1.29 is 9.84 Å². The average molecular weight is 204 g/mol. The van der Waals surface area contributed by atoms with Gasteiger partial charge >= 0.3 is 0 Å². The molecular formula is C13H16O2. The number of rotatable bonds is 6. The Morgan fingerprint density at radius 2 is 2.07 bits per heavy atom. The third-order valence-electron chi connectivity index (χ3n) is 1.99. The van der Waals surface area contributed by atoms with Gasteiger partial charge in [0.1, 0.15) is 11.5 Å². The fourth-order valence-corrected chi connectivity index (χ4v) is 1.25. The van der Waals surface area contributed by atoms with E-state index in [1.54, 1.807) is 18.2 Å². The van der Waals surface area contributed by atoms with E-state index in [-0.39, 0.29) is 5.75 Å². The molecule has 0 aromatic heterocycles. The SMILES string of the molecule is C=CCCOc1cc(O)ccc1CC=C. The molecule has 1 aromatic rings. The number of allylic oxidation sites excluding steroid dienone is 1. The highest BCUT2D eigenvalue weighted by molar-refractivity contribution is 5.40. The van der Waals surface area contributed by atoms with E-state index >= 15 is 0 Å². The van der Waals surface area contributed by atoms with Crippen molar-refractivity contribution in [2.24, 2.45) is 0 Å². The molecule has 2 heteroatoms. The van der Waals surface area contributed by atoms with Crippen LogP contribution in [-0.4, -0.2) is 11.7 Å². The van der Waals surface area contributed by atoms with E-state index in [2.05, 4.69) is 13.2 Å². The Labute approximate surface area is 90.5 Å². The quantitative estimate of drug-likeness (QED) is 0.570. The summed E-state index contributed by atoms with van der Waals surface area (Å²) in [5, 5.41) is 9.34. The summed E-state index contributed by atoms with van der Waals surface area (Å²) >= 11 is 0. The summed E-state index contributed by atoms with van der Waals surface area (Å²) in [6.45, 7) is 7.88. The van der Waals surface area contributed by atoms with Crippen molar-refractivity contribution in [2.45, 2.75) is 12.8 Å². The number of benzene rings is 1. The lowest BCUT2D eigenvalue weighted by molar-refractivity contribution is 0.320. The summed E-state index contributed by atoms with van der Waals surface area (Å²) in [4.78, 5) is 0. The Kier molecular flexibility index (Phi) is 4.48. The zero-order valence-electron chi connectivity index (χ0n) is 8.78. The van der Waals surface area contributed by atoms with Crippen LogP contribution in [0.3, 0.4) is 0 Å². The van der Waals surface area contributed by atoms with Crippen LogP contribution in [0.2, 0.25) is 0 Å². The van der Waals surface area contributed by atoms with Gasteiger partial charge in [-0.15, -0.1) is 13.2 Å². The molecule has 2 nitrogen and oxygen atoms in total. The monoisotopic (exact) mass is 204 g/mol. The second-order valence-corrected chi connectivity index (χ2v) is 3.21. The summed E-state index contributed by atoms with van der Waals surface area (Å²) in [5.74, 6) is 0.938. The molecule has 0 bridgehead atoms. The van der Waals surface area contributed by atoms with E-state index in [1.807, 2.05) is 12.1 Å². The molecule has 1 aromatic carbocycles. The van der Waals surface area contributed by atoms with Gasteiger partial charge in [0.25, 0.3) is 0 Å². The van der Waals surface area contributed by atoms with Crippen LogP contribution in [0.1, 0.15) is 12.0 Å². The summed E-state index contributed by atoms with van der Waals surface area (Å²) in [7, 11) is 0. The lowest BCUT2D eigenvalue weighted by Crippen LogP contribution is -1.98. The summed E-state index contributed by atoms with van der Waals surface area (Å²) in [5.41, 5.74) is 1.03. The van der Waals surface area contributed by atoms with Gasteiger partial charge in [0.05, 0.1) is 6.61 Å². The van der Waals surface area contributed by atoms with Gasteiger partial charge < -0.3 is 9.84 Å². The van der Waals surface area contributed by atoms with Crippen molar-refractivity contribution in [1.29, 1.82) is 0 Å². The first kappa shape index (κ1) is 11.4. The standard InChI is InChI=1S/C13H16O2/c1-3-5-9-15-13-10-12(14)8-7-11(13)6-4-2/h3-4,7-8,10,14H,1-2,5-6,9H2. The van der Waals surface area contributed by atoms with Crippen LogP contribution in [0.25, 0.3) is 0 Å². The molecule has 0 spiro atoms. The van der Waals surface area contributed by atoms with Crippen molar-refractivity contribution in [3.63, 3.8) is 0 Å². The molecule has 0 unspecified atom stereocenters. The van der Waals surface area contributed by atoms with Crippen LogP contribution in [0, 0.1) is 0 Å². The summed E-state index contributed by atoms with van der Waals surface area (Å²) in [6, 6.07) is 5.13. The average Bonchev–Trinajstić information content (AvgIpc) is 2.22. The highest BCUT2D eigenvalue weighted by Crippen LogP contribution is 2.24. The van der Waals surface area contributed by atoms with Crippen LogP contribution < -0.4 is 4.74 Å². The molecule has 0 heterocycles. The topological polar surface area (TPSA) is 29.5 Å². The number of hydrogen-bond donors (Lipinski definition) is 1. The fourth-order valence-electron chi connectivity index (χ4n) is 1.25. The van der Waals surface area contributed by atoms with Crippen molar-refractivity contribution in [1.82, 2.24) is 0 Å². The first-order valence-corrected chi connectivity index (χ1v) is 4.94. The zero-order valence-corrected chi connectivity index (χ0v) is 8.78. The highest BCUT2D eigenvalue weighted by atomic mass is 16.5. The smallest absolute Gasteiger partial charge is 0.126 e. The molecule has 0 aliphatic carbocycles. The van der Waals surface area contributed by atoms with Crippen molar-refractivity contribution in [3.05, 3.63) is 49.1 Å². The normalized spacial score (nSPS) is 9.60. The second kappa shape index (κ2) is 5.91. The molecule has 0 aliphatic rings. The Morgan fingerprint density at radius 3 is 2.73 bits per heavy atom. The Morgan fingerprint density at radius 1 is 1.27 bits per heavy atom. The lowest BCUT2D eigenvalue weighted by atomic mass is 10.1. The minimum Gasteiger partial charge on any atom is -0.508 e.